The zero-order valence-electron chi connectivity index (χ0n) is 14.0. The molecule has 1 atom stereocenters. The minimum Gasteiger partial charge on any atom is -0.496 e. The van der Waals surface area contributed by atoms with Crippen LogP contribution in [0.2, 0.25) is 5.02 Å². The molecule has 24 heavy (non-hydrogen) atoms. The number of morpholine rings is 1. The summed E-state index contributed by atoms with van der Waals surface area (Å²) in [6.45, 7) is 3.17. The Hall–Kier alpha value is -1.75. The summed E-state index contributed by atoms with van der Waals surface area (Å²) in [7, 11) is 3.38. The second-order valence-electron chi connectivity index (χ2n) is 5.79. The molecule has 0 aromatic heterocycles. The third-order valence-corrected chi connectivity index (χ3v) is 4.56. The second-order valence-corrected chi connectivity index (χ2v) is 6.22. The second kappa shape index (κ2) is 7.88. The van der Waals surface area contributed by atoms with Gasteiger partial charge in [0.15, 0.2) is 0 Å². The van der Waals surface area contributed by atoms with E-state index >= 15 is 0 Å². The average molecular weight is 348 g/mol. The van der Waals surface area contributed by atoms with E-state index in [9.17, 15) is 0 Å². The van der Waals surface area contributed by atoms with Gasteiger partial charge < -0.3 is 14.2 Å². The van der Waals surface area contributed by atoms with Gasteiger partial charge in [-0.25, -0.2) is 0 Å². The first-order valence-corrected chi connectivity index (χ1v) is 8.38. The van der Waals surface area contributed by atoms with Gasteiger partial charge in [-0.05, 0) is 29.8 Å². The normalized spacial score (nSPS) is 18.4. The maximum Gasteiger partial charge on any atom is 0.127 e. The first kappa shape index (κ1) is 17.1. The van der Waals surface area contributed by atoms with Gasteiger partial charge in [-0.3, -0.25) is 4.90 Å². The lowest BCUT2D eigenvalue weighted by Gasteiger charge is -2.33. The predicted octanol–water partition coefficient (Wildman–Crippen LogP) is 3.93. The Morgan fingerprint density at radius 1 is 1.08 bits per heavy atom. The molecule has 0 bridgehead atoms. The summed E-state index contributed by atoms with van der Waals surface area (Å²) in [6.07, 6.45) is 0.0525. The van der Waals surface area contributed by atoms with Crippen LogP contribution in [0.3, 0.4) is 0 Å². The van der Waals surface area contributed by atoms with E-state index in [1.807, 2.05) is 42.5 Å². The SMILES string of the molecule is COc1cccc(OC)c1CN1CCO[C@H](c2ccc(Cl)cc2)C1. The van der Waals surface area contributed by atoms with Gasteiger partial charge in [0.2, 0.25) is 0 Å². The minimum atomic E-state index is 0.0525. The molecule has 2 aromatic rings. The summed E-state index contributed by atoms with van der Waals surface area (Å²) in [4.78, 5) is 2.36. The molecule has 1 heterocycles. The fourth-order valence-electron chi connectivity index (χ4n) is 3.03. The molecule has 1 saturated heterocycles. The van der Waals surface area contributed by atoms with Crippen LogP contribution in [0.5, 0.6) is 11.5 Å². The topological polar surface area (TPSA) is 30.9 Å². The standard InChI is InChI=1S/C19H22ClNO3/c1-22-17-4-3-5-18(23-2)16(17)12-21-10-11-24-19(13-21)14-6-8-15(20)9-7-14/h3-9,19H,10-13H2,1-2H3/t19-/m0/s1. The molecule has 1 aliphatic heterocycles. The zero-order valence-corrected chi connectivity index (χ0v) is 14.8. The Morgan fingerprint density at radius 3 is 2.38 bits per heavy atom. The van der Waals surface area contributed by atoms with Gasteiger partial charge in [-0.1, -0.05) is 29.8 Å². The molecule has 2 aromatic carbocycles. The van der Waals surface area contributed by atoms with Gasteiger partial charge in [0.05, 0.1) is 32.5 Å². The molecule has 128 valence electrons. The van der Waals surface area contributed by atoms with Crippen molar-refractivity contribution in [2.24, 2.45) is 0 Å². The van der Waals surface area contributed by atoms with Crippen molar-refractivity contribution in [3.8, 4) is 11.5 Å². The number of benzene rings is 2. The molecule has 4 nitrogen and oxygen atoms in total. The van der Waals surface area contributed by atoms with Crippen molar-refractivity contribution in [3.05, 3.63) is 58.6 Å². The van der Waals surface area contributed by atoms with Crippen molar-refractivity contribution in [2.75, 3.05) is 33.9 Å². The summed E-state index contributed by atoms with van der Waals surface area (Å²) in [5.74, 6) is 1.70. The molecule has 0 spiro atoms. The van der Waals surface area contributed by atoms with Crippen LogP contribution in [0.15, 0.2) is 42.5 Å². The molecule has 0 radical (unpaired) electrons. The molecule has 0 aliphatic carbocycles. The fraction of sp³-hybridized carbons (Fsp3) is 0.368. The van der Waals surface area contributed by atoms with E-state index in [0.717, 1.165) is 47.3 Å². The minimum absolute atomic E-state index is 0.0525. The summed E-state index contributed by atoms with van der Waals surface area (Å²) >= 11 is 5.97. The lowest BCUT2D eigenvalue weighted by molar-refractivity contribution is -0.0332. The van der Waals surface area contributed by atoms with Gasteiger partial charge in [0.1, 0.15) is 11.5 Å². The quantitative estimate of drug-likeness (QED) is 0.820. The van der Waals surface area contributed by atoms with Crippen LogP contribution in [0, 0.1) is 0 Å². The molecule has 3 rings (SSSR count). The molecule has 1 fully saturated rings. The van der Waals surface area contributed by atoms with Crippen LogP contribution in [0.25, 0.3) is 0 Å². The number of hydrogen-bond donors (Lipinski definition) is 0. The molecular formula is C19H22ClNO3. The number of nitrogens with zero attached hydrogens (tertiary/aromatic N) is 1. The monoisotopic (exact) mass is 347 g/mol. The van der Waals surface area contributed by atoms with Crippen LogP contribution < -0.4 is 9.47 Å². The molecule has 5 heteroatoms. The van der Waals surface area contributed by atoms with Crippen molar-refractivity contribution >= 4 is 11.6 Å². The lowest BCUT2D eigenvalue weighted by Crippen LogP contribution is -2.38. The molecule has 0 unspecified atom stereocenters. The van der Waals surface area contributed by atoms with Crippen molar-refractivity contribution in [2.45, 2.75) is 12.6 Å². The van der Waals surface area contributed by atoms with Crippen LogP contribution in [0.1, 0.15) is 17.2 Å². The predicted molar refractivity (Wildman–Crippen MR) is 95.0 cm³/mol. The largest absolute Gasteiger partial charge is 0.496 e. The highest BCUT2D eigenvalue weighted by molar-refractivity contribution is 6.30. The number of rotatable bonds is 5. The third kappa shape index (κ3) is 3.83. The highest BCUT2D eigenvalue weighted by atomic mass is 35.5. The van der Waals surface area contributed by atoms with Gasteiger partial charge in [0, 0.05) is 24.7 Å². The van der Waals surface area contributed by atoms with E-state index in [2.05, 4.69) is 4.90 Å². The highest BCUT2D eigenvalue weighted by Gasteiger charge is 2.24. The number of halogens is 1. The van der Waals surface area contributed by atoms with Gasteiger partial charge >= 0.3 is 0 Å². The Balaban J connectivity index is 1.75. The van der Waals surface area contributed by atoms with Crippen molar-refractivity contribution in [1.29, 1.82) is 0 Å². The first-order valence-electron chi connectivity index (χ1n) is 8.00. The maximum atomic E-state index is 5.97. The highest BCUT2D eigenvalue weighted by Crippen LogP contribution is 2.31. The van der Waals surface area contributed by atoms with Crippen LogP contribution in [-0.2, 0) is 11.3 Å². The van der Waals surface area contributed by atoms with E-state index in [4.69, 9.17) is 25.8 Å². The van der Waals surface area contributed by atoms with Crippen LogP contribution in [-0.4, -0.2) is 38.8 Å². The van der Waals surface area contributed by atoms with E-state index in [-0.39, 0.29) is 6.10 Å². The molecular weight excluding hydrogens is 326 g/mol. The number of methoxy groups -OCH3 is 2. The summed E-state index contributed by atoms with van der Waals surface area (Å²) in [5, 5.41) is 0.741. The van der Waals surface area contributed by atoms with Crippen molar-refractivity contribution < 1.29 is 14.2 Å². The van der Waals surface area contributed by atoms with Gasteiger partial charge in [-0.2, -0.15) is 0 Å². The summed E-state index contributed by atoms with van der Waals surface area (Å²) in [6, 6.07) is 13.7. The Morgan fingerprint density at radius 2 is 1.75 bits per heavy atom. The van der Waals surface area contributed by atoms with Crippen LogP contribution >= 0.6 is 11.6 Å². The lowest BCUT2D eigenvalue weighted by atomic mass is 10.1. The van der Waals surface area contributed by atoms with E-state index < -0.39 is 0 Å². The van der Waals surface area contributed by atoms with Crippen LogP contribution in [0.4, 0.5) is 0 Å². The van der Waals surface area contributed by atoms with Gasteiger partial charge in [0.25, 0.3) is 0 Å². The fourth-order valence-corrected chi connectivity index (χ4v) is 3.16. The van der Waals surface area contributed by atoms with Gasteiger partial charge in [-0.15, -0.1) is 0 Å². The van der Waals surface area contributed by atoms with E-state index in [1.165, 1.54) is 0 Å². The maximum absolute atomic E-state index is 5.97. The molecule has 1 aliphatic rings. The molecule has 0 saturated carbocycles. The molecule has 0 amide bonds. The average Bonchev–Trinajstić information content (AvgIpc) is 2.62. The Labute approximate surface area is 147 Å². The van der Waals surface area contributed by atoms with E-state index in [1.54, 1.807) is 14.2 Å². The number of ether oxygens (including phenoxy) is 3. The number of hydrogen-bond acceptors (Lipinski definition) is 4. The zero-order chi connectivity index (χ0) is 16.9. The Kier molecular flexibility index (Phi) is 5.61. The Bertz CT molecular complexity index is 653. The molecule has 0 N–H and O–H groups in total. The first-order chi connectivity index (χ1) is 11.7. The smallest absolute Gasteiger partial charge is 0.127 e. The summed E-state index contributed by atoms with van der Waals surface area (Å²) < 4.78 is 16.9. The van der Waals surface area contributed by atoms with Crippen molar-refractivity contribution in [1.82, 2.24) is 4.90 Å². The van der Waals surface area contributed by atoms with Crippen molar-refractivity contribution in [3.63, 3.8) is 0 Å². The van der Waals surface area contributed by atoms with E-state index in [0.29, 0.717) is 6.61 Å². The summed E-state index contributed by atoms with van der Waals surface area (Å²) in [5.41, 5.74) is 2.22. The third-order valence-electron chi connectivity index (χ3n) is 4.30.